The number of nitrogens with zero attached hydrogens (tertiary/aromatic N) is 1. The molecular weight excluding hydrogens is 208 g/mol. The van der Waals surface area contributed by atoms with Crippen molar-refractivity contribution in [1.29, 1.82) is 0 Å². The molecule has 1 fully saturated rings. The third-order valence-electron chi connectivity index (χ3n) is 4.18. The molecule has 2 heteroatoms. The molecule has 1 heterocycles. The predicted molar refractivity (Wildman–Crippen MR) is 76.4 cm³/mol. The fourth-order valence-electron chi connectivity index (χ4n) is 2.85. The normalized spacial score (nSPS) is 27.0. The second-order valence-corrected chi connectivity index (χ2v) is 6.22. The van der Waals surface area contributed by atoms with E-state index in [1.807, 2.05) is 0 Å². The summed E-state index contributed by atoms with van der Waals surface area (Å²) in [5, 5.41) is 3.70. The van der Waals surface area contributed by atoms with Crippen LogP contribution in [0.3, 0.4) is 0 Å². The van der Waals surface area contributed by atoms with Gasteiger partial charge < -0.3 is 5.32 Å². The first-order valence-electron chi connectivity index (χ1n) is 7.54. The van der Waals surface area contributed by atoms with Crippen molar-refractivity contribution in [2.45, 2.75) is 66.0 Å². The van der Waals surface area contributed by atoms with Crippen LogP contribution in [0.4, 0.5) is 0 Å². The summed E-state index contributed by atoms with van der Waals surface area (Å²) in [6, 6.07) is 1.42. The van der Waals surface area contributed by atoms with Crippen molar-refractivity contribution in [1.82, 2.24) is 10.2 Å². The van der Waals surface area contributed by atoms with E-state index in [1.54, 1.807) is 0 Å². The monoisotopic (exact) mass is 240 g/mol. The summed E-state index contributed by atoms with van der Waals surface area (Å²) in [6.07, 6.45) is 3.95. The van der Waals surface area contributed by atoms with E-state index in [0.717, 1.165) is 18.4 Å². The van der Waals surface area contributed by atoms with Crippen LogP contribution >= 0.6 is 0 Å². The molecule has 1 N–H and O–H groups in total. The highest BCUT2D eigenvalue weighted by atomic mass is 15.2. The van der Waals surface area contributed by atoms with Gasteiger partial charge in [0.15, 0.2) is 0 Å². The number of hydrogen-bond acceptors (Lipinski definition) is 2. The molecule has 0 spiro atoms. The van der Waals surface area contributed by atoms with E-state index in [4.69, 9.17) is 0 Å². The van der Waals surface area contributed by atoms with Crippen LogP contribution in [0, 0.1) is 11.8 Å². The van der Waals surface area contributed by atoms with Crippen molar-refractivity contribution in [3.63, 3.8) is 0 Å². The van der Waals surface area contributed by atoms with Crippen LogP contribution in [0.5, 0.6) is 0 Å². The lowest BCUT2D eigenvalue weighted by atomic mass is 9.97. The molecule has 0 aromatic heterocycles. The highest BCUT2D eigenvalue weighted by Gasteiger charge is 2.26. The van der Waals surface area contributed by atoms with Crippen LogP contribution in [0.1, 0.15) is 53.9 Å². The third kappa shape index (κ3) is 4.97. The van der Waals surface area contributed by atoms with Gasteiger partial charge in [0.25, 0.3) is 0 Å². The summed E-state index contributed by atoms with van der Waals surface area (Å²) in [4.78, 5) is 2.71. The van der Waals surface area contributed by atoms with Crippen LogP contribution in [-0.2, 0) is 0 Å². The van der Waals surface area contributed by atoms with Crippen LogP contribution in [0.2, 0.25) is 0 Å². The minimum atomic E-state index is 0.707. The lowest BCUT2D eigenvalue weighted by Gasteiger charge is -2.41. The zero-order chi connectivity index (χ0) is 12.8. The lowest BCUT2D eigenvalue weighted by molar-refractivity contribution is 0.110. The minimum absolute atomic E-state index is 0.707. The summed E-state index contributed by atoms with van der Waals surface area (Å²) < 4.78 is 0. The lowest BCUT2D eigenvalue weighted by Crippen LogP contribution is -2.56. The van der Waals surface area contributed by atoms with Gasteiger partial charge in [0.2, 0.25) is 0 Å². The number of hydrogen-bond donors (Lipinski definition) is 1. The SMILES string of the molecule is CCC(CC)CN1CC(CC(C)C)NCC1C. The number of nitrogens with one attached hydrogen (secondary N) is 1. The van der Waals surface area contributed by atoms with E-state index in [2.05, 4.69) is 44.8 Å². The molecule has 1 saturated heterocycles. The zero-order valence-corrected chi connectivity index (χ0v) is 12.5. The zero-order valence-electron chi connectivity index (χ0n) is 12.5. The molecule has 0 amide bonds. The summed E-state index contributed by atoms with van der Waals surface area (Å²) in [5.41, 5.74) is 0. The Hall–Kier alpha value is -0.0800. The number of rotatable bonds is 6. The average molecular weight is 240 g/mol. The van der Waals surface area contributed by atoms with Gasteiger partial charge in [-0.3, -0.25) is 4.90 Å². The molecule has 0 saturated carbocycles. The van der Waals surface area contributed by atoms with Crippen molar-refractivity contribution in [3.05, 3.63) is 0 Å². The van der Waals surface area contributed by atoms with Crippen molar-refractivity contribution in [3.8, 4) is 0 Å². The average Bonchev–Trinajstić information content (AvgIpc) is 2.29. The molecule has 1 aliphatic rings. The van der Waals surface area contributed by atoms with Crippen molar-refractivity contribution < 1.29 is 0 Å². The smallest absolute Gasteiger partial charge is 0.0198 e. The topological polar surface area (TPSA) is 15.3 Å². The maximum atomic E-state index is 3.70. The Labute approximate surface area is 108 Å². The molecule has 2 unspecified atom stereocenters. The second kappa shape index (κ2) is 7.38. The maximum absolute atomic E-state index is 3.70. The summed E-state index contributed by atoms with van der Waals surface area (Å²) in [5.74, 6) is 1.69. The molecule has 17 heavy (non-hydrogen) atoms. The highest BCUT2D eigenvalue weighted by Crippen LogP contribution is 2.17. The number of piperazine rings is 1. The van der Waals surface area contributed by atoms with Gasteiger partial charge in [-0.25, -0.2) is 0 Å². The molecule has 2 nitrogen and oxygen atoms in total. The molecule has 1 rings (SSSR count). The highest BCUT2D eigenvalue weighted by molar-refractivity contribution is 4.85. The van der Waals surface area contributed by atoms with Gasteiger partial charge in [0.1, 0.15) is 0 Å². The molecule has 1 aliphatic heterocycles. The van der Waals surface area contributed by atoms with E-state index < -0.39 is 0 Å². The molecule has 2 atom stereocenters. The Morgan fingerprint density at radius 3 is 2.41 bits per heavy atom. The maximum Gasteiger partial charge on any atom is 0.0198 e. The van der Waals surface area contributed by atoms with Gasteiger partial charge in [0.05, 0.1) is 0 Å². The van der Waals surface area contributed by atoms with E-state index in [1.165, 1.54) is 32.4 Å². The minimum Gasteiger partial charge on any atom is -0.311 e. The van der Waals surface area contributed by atoms with Gasteiger partial charge in [-0.2, -0.15) is 0 Å². The molecule has 0 aromatic rings. The molecule has 0 aromatic carbocycles. The first-order valence-corrected chi connectivity index (χ1v) is 7.54. The first kappa shape index (κ1) is 15.0. The molecule has 102 valence electrons. The van der Waals surface area contributed by atoms with E-state index in [9.17, 15) is 0 Å². The molecule has 0 bridgehead atoms. The van der Waals surface area contributed by atoms with Crippen molar-refractivity contribution >= 4 is 0 Å². The van der Waals surface area contributed by atoms with E-state index in [-0.39, 0.29) is 0 Å². The van der Waals surface area contributed by atoms with Crippen LogP contribution in [-0.4, -0.2) is 36.6 Å². The Bertz CT molecular complexity index is 199. The van der Waals surface area contributed by atoms with Crippen LogP contribution < -0.4 is 5.32 Å². The van der Waals surface area contributed by atoms with Gasteiger partial charge in [-0.05, 0) is 25.2 Å². The second-order valence-electron chi connectivity index (χ2n) is 6.22. The fourth-order valence-corrected chi connectivity index (χ4v) is 2.85. The quantitative estimate of drug-likeness (QED) is 0.767. The van der Waals surface area contributed by atoms with E-state index >= 15 is 0 Å². The largest absolute Gasteiger partial charge is 0.311 e. The summed E-state index contributed by atoms with van der Waals surface area (Å²) in [6.45, 7) is 15.4. The Kier molecular flexibility index (Phi) is 6.50. The summed E-state index contributed by atoms with van der Waals surface area (Å²) in [7, 11) is 0. The van der Waals surface area contributed by atoms with Gasteiger partial charge in [-0.15, -0.1) is 0 Å². The third-order valence-corrected chi connectivity index (χ3v) is 4.18. The Balaban J connectivity index is 2.45. The standard InChI is InChI=1S/C15H32N2/c1-6-14(7-2)10-17-11-15(8-12(3)4)16-9-13(17)5/h12-16H,6-11H2,1-5H3. The van der Waals surface area contributed by atoms with Gasteiger partial charge >= 0.3 is 0 Å². The van der Waals surface area contributed by atoms with E-state index in [0.29, 0.717) is 12.1 Å². The summed E-state index contributed by atoms with van der Waals surface area (Å²) >= 11 is 0. The molecular formula is C15H32N2. The van der Waals surface area contributed by atoms with Gasteiger partial charge in [-0.1, -0.05) is 40.5 Å². The van der Waals surface area contributed by atoms with Crippen LogP contribution in [0.15, 0.2) is 0 Å². The molecule has 0 aliphatic carbocycles. The fraction of sp³-hybridized carbons (Fsp3) is 1.00. The van der Waals surface area contributed by atoms with Crippen molar-refractivity contribution in [2.75, 3.05) is 19.6 Å². The molecule has 0 radical (unpaired) electrons. The van der Waals surface area contributed by atoms with Crippen molar-refractivity contribution in [2.24, 2.45) is 11.8 Å². The van der Waals surface area contributed by atoms with Gasteiger partial charge in [0, 0.05) is 31.7 Å². The predicted octanol–water partition coefficient (Wildman–Crippen LogP) is 3.13. The Morgan fingerprint density at radius 2 is 1.88 bits per heavy atom. The first-order chi connectivity index (χ1) is 8.06. The Morgan fingerprint density at radius 1 is 1.24 bits per heavy atom. The van der Waals surface area contributed by atoms with Crippen LogP contribution in [0.25, 0.3) is 0 Å².